The van der Waals surface area contributed by atoms with Crippen LogP contribution in [0.5, 0.6) is 0 Å². The fraction of sp³-hybridized carbons (Fsp3) is 0.0645. The molecule has 8 heteroatoms. The predicted octanol–water partition coefficient (Wildman–Crippen LogP) is 9.39. The quantitative estimate of drug-likeness (QED) is 0.128. The highest BCUT2D eigenvalue weighted by Crippen LogP contribution is 2.36. The van der Waals surface area contributed by atoms with Gasteiger partial charge in [-0.1, -0.05) is 230 Å². The van der Waals surface area contributed by atoms with Gasteiger partial charge in [0, 0.05) is 38.5 Å². The van der Waals surface area contributed by atoms with Gasteiger partial charge in [0.15, 0.2) is 0 Å². The number of aryl methyl sites for hydroxylation is 1. The minimum Gasteiger partial charge on any atom is -0.378 e. The summed E-state index contributed by atoms with van der Waals surface area (Å²) in [5, 5.41) is 29.2. The van der Waals surface area contributed by atoms with Gasteiger partial charge in [0.05, 0.1) is 33.1 Å². The van der Waals surface area contributed by atoms with Crippen LogP contribution >= 0.6 is 0 Å². The molecule has 0 aliphatic carbocycles. The highest BCUT2D eigenvalue weighted by molar-refractivity contribution is 6.85. The average molecular weight is 897 g/mol. The molecule has 0 unspecified atom stereocenters. The highest BCUT2D eigenvalue weighted by atomic mass is 15.0. The molecule has 0 amide bonds. The molecule has 0 aliphatic rings. The van der Waals surface area contributed by atoms with Crippen LogP contribution in [0.25, 0.3) is 55.0 Å². The van der Waals surface area contributed by atoms with Crippen molar-refractivity contribution < 1.29 is 0 Å². The summed E-state index contributed by atoms with van der Waals surface area (Å²) >= 11 is 0. The Bertz CT molecular complexity index is 3780. The molecule has 0 fully saturated rings. The average Bonchev–Trinajstić information content (AvgIpc) is 3.90. The number of pyridine rings is 2. The zero-order valence-electron chi connectivity index (χ0n) is 39.2. The monoisotopic (exact) mass is 896 g/mol. The van der Waals surface area contributed by atoms with Crippen molar-refractivity contribution in [3.05, 3.63) is 252 Å². The first kappa shape index (κ1) is 43.6. The Hall–Kier alpha value is -8.97. The summed E-state index contributed by atoms with van der Waals surface area (Å²) in [5.74, 6) is -0.133. The van der Waals surface area contributed by atoms with Gasteiger partial charge in [-0.25, -0.2) is 9.97 Å². The summed E-state index contributed by atoms with van der Waals surface area (Å²) in [6, 6.07) is 80.4. The van der Waals surface area contributed by atoms with Crippen LogP contribution in [-0.2, 0) is 0 Å². The topological polar surface area (TPSA) is 83.2 Å². The first-order chi connectivity index (χ1) is 34.4. The fourth-order valence-electron chi connectivity index (χ4n) is 10.5. The molecule has 70 heavy (non-hydrogen) atoms. The number of fused-ring (bicyclic) bond motifs is 3. The number of hydrogen-bond acceptors (Lipinski definition) is 4. The first-order valence-corrected chi connectivity index (χ1v) is 23.8. The van der Waals surface area contributed by atoms with Crippen LogP contribution in [0.4, 0.5) is 0 Å². The van der Waals surface area contributed by atoms with Gasteiger partial charge in [0.2, 0.25) is 0 Å². The number of para-hydroxylation sites is 2. The maximum absolute atomic E-state index is 12.0. The minimum atomic E-state index is -0.437. The van der Waals surface area contributed by atoms with Crippen LogP contribution in [0.15, 0.2) is 218 Å². The van der Waals surface area contributed by atoms with Crippen molar-refractivity contribution >= 4 is 79.3 Å². The zero-order valence-corrected chi connectivity index (χ0v) is 39.2. The fourth-order valence-corrected chi connectivity index (χ4v) is 10.5. The van der Waals surface area contributed by atoms with Crippen molar-refractivity contribution in [2.45, 2.75) is 26.7 Å². The molecule has 11 aromatic rings. The lowest BCUT2D eigenvalue weighted by Crippen LogP contribution is -2.54. The molecule has 0 saturated carbocycles. The van der Waals surface area contributed by atoms with E-state index in [1.807, 2.05) is 84.9 Å². The minimum absolute atomic E-state index is 0.133. The van der Waals surface area contributed by atoms with E-state index in [1.165, 1.54) is 0 Å². The van der Waals surface area contributed by atoms with Gasteiger partial charge in [-0.05, 0) is 42.7 Å². The largest absolute Gasteiger partial charge is 0.378 e. The van der Waals surface area contributed by atoms with Crippen LogP contribution in [0.1, 0.15) is 42.4 Å². The summed E-state index contributed by atoms with van der Waals surface area (Å²) in [6.45, 7) is 5.76. The maximum Gasteiger partial charge on any atom is 0.328 e. The predicted molar refractivity (Wildman–Crippen MR) is 290 cm³/mol. The molecule has 4 heterocycles. The lowest BCUT2D eigenvalue weighted by Gasteiger charge is -2.25. The number of nitriles is 2. The second-order valence-corrected chi connectivity index (χ2v) is 18.1. The van der Waals surface area contributed by atoms with Gasteiger partial charge in [-0.3, -0.25) is 0 Å². The number of rotatable bonds is 10. The number of hydrogen-bond donors (Lipinski definition) is 0. The van der Waals surface area contributed by atoms with E-state index >= 15 is 0 Å². The molecule has 0 aliphatic heterocycles. The molecular weight excluding hydrogens is 850 g/mol. The van der Waals surface area contributed by atoms with E-state index in [9.17, 15) is 10.5 Å². The van der Waals surface area contributed by atoms with Crippen molar-refractivity contribution in [2.24, 2.45) is 0 Å². The zero-order chi connectivity index (χ0) is 47.7. The van der Waals surface area contributed by atoms with E-state index in [0.717, 1.165) is 87.6 Å². The number of benzene rings is 7. The van der Waals surface area contributed by atoms with E-state index in [4.69, 9.17) is 9.97 Å². The molecule has 4 aromatic heterocycles. The van der Waals surface area contributed by atoms with Crippen molar-refractivity contribution in [1.29, 1.82) is 10.5 Å². The van der Waals surface area contributed by atoms with Crippen LogP contribution < -0.4 is 32.5 Å². The Labute approximate surface area is 408 Å². The van der Waals surface area contributed by atoms with E-state index < -0.39 is 13.7 Å². The molecule has 0 radical (unpaired) electrons. The van der Waals surface area contributed by atoms with Crippen molar-refractivity contribution in [2.75, 3.05) is 0 Å². The van der Waals surface area contributed by atoms with Gasteiger partial charge < -0.3 is 8.96 Å². The molecule has 7 aromatic carbocycles. The van der Waals surface area contributed by atoms with E-state index in [1.54, 1.807) is 0 Å². The third kappa shape index (κ3) is 7.57. The van der Waals surface area contributed by atoms with Gasteiger partial charge in [0.25, 0.3) is 0 Å². The SMILES string of the molecule is Cc1ccccc1-c1c2/c(=C(\C#N)c3ccc4ccccc4n3)n(B(c3ccccc3)c3ccccc3)c(C(C)C)c2/c(=C(\C#N)c2ccc3ccccc3n2)n1B(c1ccccc1)c1ccccc1. The van der Waals surface area contributed by atoms with Crippen LogP contribution in [0.3, 0.4) is 0 Å². The third-order valence-electron chi connectivity index (χ3n) is 13.5. The normalized spacial score (nSPS) is 12.2. The molecule has 6 nitrogen and oxygen atoms in total. The van der Waals surface area contributed by atoms with Crippen molar-refractivity contribution in [3.63, 3.8) is 0 Å². The van der Waals surface area contributed by atoms with Gasteiger partial charge in [-0.2, -0.15) is 10.5 Å². The molecular formula is C62H46B2N6. The summed E-state index contributed by atoms with van der Waals surface area (Å²) < 4.78 is 4.81. The second-order valence-electron chi connectivity index (χ2n) is 18.1. The molecule has 0 atom stereocenters. The standard InChI is InChI=1S/C62H46B2N6/c1-42(2)59-57-58(62(52(41-66)56-39-37-45-24-18-21-35-54(45)68-56)69(59)63(46-25-8-4-9-26-46)47-27-10-5-11-28-47)60(50-33-19-16-22-43(50)3)70(64(48-29-12-6-13-30-48)49-31-14-7-15-32-49)61(57)51(40-65)55-38-36-44-23-17-20-34-53(44)67-55/h4-39,42H,1-3H3/b61-51-,62-52-. The lowest BCUT2D eigenvalue weighted by atomic mass is 9.49. The number of nitrogens with zero attached hydrogens (tertiary/aromatic N) is 6. The van der Waals surface area contributed by atoms with Crippen molar-refractivity contribution in [1.82, 2.24) is 18.9 Å². The van der Waals surface area contributed by atoms with Gasteiger partial charge in [-0.15, -0.1) is 0 Å². The first-order valence-electron chi connectivity index (χ1n) is 23.8. The Morgan fingerprint density at radius 2 is 0.829 bits per heavy atom. The molecule has 0 bridgehead atoms. The summed E-state index contributed by atoms with van der Waals surface area (Å²) in [6.07, 6.45) is 0. The molecule has 11 rings (SSSR count). The van der Waals surface area contributed by atoms with Gasteiger partial charge in [0.1, 0.15) is 23.3 Å². The lowest BCUT2D eigenvalue weighted by molar-refractivity contribution is 0.809. The van der Waals surface area contributed by atoms with Crippen LogP contribution in [-0.4, -0.2) is 32.6 Å². The molecule has 330 valence electrons. The van der Waals surface area contributed by atoms with Crippen LogP contribution in [0.2, 0.25) is 0 Å². The summed E-state index contributed by atoms with van der Waals surface area (Å²) in [4.78, 5) is 10.6. The smallest absolute Gasteiger partial charge is 0.328 e. The third-order valence-corrected chi connectivity index (χ3v) is 13.5. The molecule has 0 N–H and O–H groups in total. The molecule has 0 saturated heterocycles. The van der Waals surface area contributed by atoms with Crippen LogP contribution in [0, 0.1) is 29.6 Å². The van der Waals surface area contributed by atoms with Crippen molar-refractivity contribution in [3.8, 4) is 23.4 Å². The van der Waals surface area contributed by atoms with Gasteiger partial charge >= 0.3 is 13.7 Å². The highest BCUT2D eigenvalue weighted by Gasteiger charge is 2.37. The van der Waals surface area contributed by atoms with E-state index in [2.05, 4.69) is 175 Å². The summed E-state index contributed by atoms with van der Waals surface area (Å²) in [5.41, 5.74) is 11.6. The molecule has 0 spiro atoms. The Kier molecular flexibility index (Phi) is 11.6. The Morgan fingerprint density at radius 3 is 1.26 bits per heavy atom. The number of aromatic nitrogens is 4. The van der Waals surface area contributed by atoms with E-state index in [-0.39, 0.29) is 5.92 Å². The maximum atomic E-state index is 12.0. The Morgan fingerprint density at radius 1 is 0.443 bits per heavy atom. The van der Waals surface area contributed by atoms with E-state index in [0.29, 0.717) is 22.5 Å². The summed E-state index contributed by atoms with van der Waals surface area (Å²) in [7, 11) is 0. The second kappa shape index (κ2) is 18.6. The Balaban J connectivity index is 1.50.